The van der Waals surface area contributed by atoms with Gasteiger partial charge in [0.25, 0.3) is 0 Å². The summed E-state index contributed by atoms with van der Waals surface area (Å²) in [7, 11) is 0. The molecule has 2 aromatic rings. The Morgan fingerprint density at radius 3 is 2.71 bits per heavy atom. The van der Waals surface area contributed by atoms with E-state index < -0.39 is 0 Å². The van der Waals surface area contributed by atoms with E-state index in [2.05, 4.69) is 54.8 Å². The number of pyridine rings is 1. The monoisotopic (exact) mass is 287 g/mol. The Kier molecular flexibility index (Phi) is 5.80. The molecule has 0 aliphatic heterocycles. The first-order valence-corrected chi connectivity index (χ1v) is 8.21. The quantitative estimate of drug-likeness (QED) is 0.788. The molecule has 116 valence electrons. The highest BCUT2D eigenvalue weighted by molar-refractivity contribution is 5.80. The fraction of sp³-hybridized carbons (Fsp3) is 0.611. The van der Waals surface area contributed by atoms with Gasteiger partial charge in [0.15, 0.2) is 0 Å². The van der Waals surface area contributed by atoms with Crippen LogP contribution in [0, 0.1) is 11.8 Å². The van der Waals surface area contributed by atoms with E-state index in [1.807, 2.05) is 12.3 Å². The normalized spacial score (nSPS) is 11.9. The van der Waals surface area contributed by atoms with Crippen molar-refractivity contribution in [2.24, 2.45) is 11.8 Å². The molecule has 2 rings (SSSR count). The summed E-state index contributed by atoms with van der Waals surface area (Å²) in [5.41, 5.74) is 2.49. The zero-order valence-electron chi connectivity index (χ0n) is 13.9. The van der Waals surface area contributed by atoms with Crippen LogP contribution >= 0.6 is 0 Å². The van der Waals surface area contributed by atoms with Crippen LogP contribution < -0.4 is 5.32 Å². The SMILES string of the molecule is CC(C)CCCn1cc(CNCC(C)C)c2cccnc21. The van der Waals surface area contributed by atoms with E-state index in [1.165, 1.54) is 23.8 Å². The minimum absolute atomic E-state index is 0.683. The van der Waals surface area contributed by atoms with Crippen LogP contribution in [0.25, 0.3) is 11.0 Å². The number of rotatable bonds is 8. The van der Waals surface area contributed by atoms with Crippen LogP contribution in [0.3, 0.4) is 0 Å². The van der Waals surface area contributed by atoms with E-state index in [0.717, 1.165) is 31.2 Å². The van der Waals surface area contributed by atoms with E-state index in [-0.39, 0.29) is 0 Å². The standard InChI is InChI=1S/C18H29N3/c1-14(2)7-6-10-21-13-16(12-19-11-15(3)4)17-8-5-9-20-18(17)21/h5,8-9,13-15,19H,6-7,10-12H2,1-4H3. The molecular formula is C18H29N3. The summed E-state index contributed by atoms with van der Waals surface area (Å²) in [6.45, 7) is 12.1. The topological polar surface area (TPSA) is 29.9 Å². The average molecular weight is 287 g/mol. The number of aromatic nitrogens is 2. The Labute approximate surface area is 128 Å². The first-order valence-electron chi connectivity index (χ1n) is 8.21. The predicted molar refractivity (Wildman–Crippen MR) is 90.3 cm³/mol. The van der Waals surface area contributed by atoms with Crippen molar-refractivity contribution in [2.75, 3.05) is 6.54 Å². The molecular weight excluding hydrogens is 258 g/mol. The number of hydrogen-bond donors (Lipinski definition) is 1. The lowest BCUT2D eigenvalue weighted by atomic mass is 10.1. The van der Waals surface area contributed by atoms with E-state index in [4.69, 9.17) is 0 Å². The molecule has 0 aliphatic rings. The van der Waals surface area contributed by atoms with Crippen LogP contribution in [0.5, 0.6) is 0 Å². The van der Waals surface area contributed by atoms with Crippen molar-refractivity contribution in [3.05, 3.63) is 30.1 Å². The molecule has 3 heteroatoms. The van der Waals surface area contributed by atoms with Gasteiger partial charge in [0.1, 0.15) is 5.65 Å². The van der Waals surface area contributed by atoms with Gasteiger partial charge in [-0.2, -0.15) is 0 Å². The van der Waals surface area contributed by atoms with Gasteiger partial charge in [0, 0.05) is 30.9 Å². The van der Waals surface area contributed by atoms with Crippen LogP contribution in [0.1, 0.15) is 46.1 Å². The molecule has 0 aromatic carbocycles. The molecule has 2 aromatic heterocycles. The average Bonchev–Trinajstić information content (AvgIpc) is 2.77. The third-order valence-corrected chi connectivity index (χ3v) is 3.76. The van der Waals surface area contributed by atoms with Crippen LogP contribution in [-0.4, -0.2) is 16.1 Å². The summed E-state index contributed by atoms with van der Waals surface area (Å²) in [4.78, 5) is 4.58. The van der Waals surface area contributed by atoms with Crippen LogP contribution in [0.15, 0.2) is 24.5 Å². The maximum atomic E-state index is 4.58. The molecule has 0 fully saturated rings. The van der Waals surface area contributed by atoms with Gasteiger partial charge >= 0.3 is 0 Å². The Bertz CT molecular complexity index is 507. The fourth-order valence-corrected chi connectivity index (χ4v) is 2.67. The Balaban J connectivity index is 2.10. The first-order chi connectivity index (χ1) is 10.1. The minimum atomic E-state index is 0.683. The molecule has 2 heterocycles. The van der Waals surface area contributed by atoms with Gasteiger partial charge in [-0.15, -0.1) is 0 Å². The third kappa shape index (κ3) is 4.57. The predicted octanol–water partition coefficient (Wildman–Crippen LogP) is 4.22. The summed E-state index contributed by atoms with van der Waals surface area (Å²) in [5.74, 6) is 1.45. The van der Waals surface area contributed by atoms with E-state index >= 15 is 0 Å². The van der Waals surface area contributed by atoms with Crippen LogP contribution in [-0.2, 0) is 13.1 Å². The Morgan fingerprint density at radius 2 is 2.00 bits per heavy atom. The van der Waals surface area contributed by atoms with Gasteiger partial charge in [-0.05, 0) is 48.9 Å². The van der Waals surface area contributed by atoms with Crippen molar-refractivity contribution < 1.29 is 0 Å². The van der Waals surface area contributed by atoms with Gasteiger partial charge in [-0.3, -0.25) is 0 Å². The van der Waals surface area contributed by atoms with Gasteiger partial charge in [-0.1, -0.05) is 27.7 Å². The van der Waals surface area contributed by atoms with Crippen molar-refractivity contribution in [1.82, 2.24) is 14.9 Å². The minimum Gasteiger partial charge on any atom is -0.332 e. The molecule has 1 N–H and O–H groups in total. The highest BCUT2D eigenvalue weighted by atomic mass is 15.0. The van der Waals surface area contributed by atoms with E-state index in [9.17, 15) is 0 Å². The second-order valence-corrected chi connectivity index (χ2v) is 6.78. The number of nitrogens with zero attached hydrogens (tertiary/aromatic N) is 2. The number of fused-ring (bicyclic) bond motifs is 1. The molecule has 0 radical (unpaired) electrons. The Hall–Kier alpha value is -1.35. The highest BCUT2D eigenvalue weighted by Crippen LogP contribution is 2.20. The fourth-order valence-electron chi connectivity index (χ4n) is 2.67. The summed E-state index contributed by atoms with van der Waals surface area (Å²) < 4.78 is 2.32. The molecule has 0 aliphatic carbocycles. The van der Waals surface area contributed by atoms with E-state index in [0.29, 0.717) is 5.92 Å². The van der Waals surface area contributed by atoms with E-state index in [1.54, 1.807) is 0 Å². The lowest BCUT2D eigenvalue weighted by Gasteiger charge is -2.07. The lowest BCUT2D eigenvalue weighted by molar-refractivity contribution is 0.515. The molecule has 0 spiro atoms. The molecule has 21 heavy (non-hydrogen) atoms. The zero-order chi connectivity index (χ0) is 15.2. The molecule has 3 nitrogen and oxygen atoms in total. The first kappa shape index (κ1) is 16.0. The van der Waals surface area contributed by atoms with Crippen molar-refractivity contribution >= 4 is 11.0 Å². The summed E-state index contributed by atoms with van der Waals surface area (Å²) >= 11 is 0. The van der Waals surface area contributed by atoms with Crippen molar-refractivity contribution in [3.8, 4) is 0 Å². The molecule has 0 saturated carbocycles. The van der Waals surface area contributed by atoms with Crippen LogP contribution in [0.4, 0.5) is 0 Å². The maximum Gasteiger partial charge on any atom is 0.140 e. The summed E-state index contributed by atoms with van der Waals surface area (Å²) in [6, 6.07) is 4.22. The van der Waals surface area contributed by atoms with Gasteiger partial charge < -0.3 is 9.88 Å². The molecule has 0 saturated heterocycles. The van der Waals surface area contributed by atoms with Gasteiger partial charge in [0.2, 0.25) is 0 Å². The second kappa shape index (κ2) is 7.60. The highest BCUT2D eigenvalue weighted by Gasteiger charge is 2.09. The smallest absolute Gasteiger partial charge is 0.140 e. The van der Waals surface area contributed by atoms with Gasteiger partial charge in [0.05, 0.1) is 0 Å². The summed E-state index contributed by atoms with van der Waals surface area (Å²) in [6.07, 6.45) is 6.67. The van der Waals surface area contributed by atoms with Crippen molar-refractivity contribution in [2.45, 2.75) is 53.6 Å². The molecule has 0 amide bonds. The molecule has 0 atom stereocenters. The number of hydrogen-bond acceptors (Lipinski definition) is 2. The molecule has 0 bridgehead atoms. The largest absolute Gasteiger partial charge is 0.332 e. The third-order valence-electron chi connectivity index (χ3n) is 3.76. The summed E-state index contributed by atoms with van der Waals surface area (Å²) in [5, 5.41) is 4.83. The second-order valence-electron chi connectivity index (χ2n) is 6.78. The zero-order valence-corrected chi connectivity index (χ0v) is 13.9. The number of nitrogens with one attached hydrogen (secondary N) is 1. The van der Waals surface area contributed by atoms with Crippen LogP contribution in [0.2, 0.25) is 0 Å². The van der Waals surface area contributed by atoms with Crippen molar-refractivity contribution in [1.29, 1.82) is 0 Å². The molecule has 0 unspecified atom stereocenters. The number of aryl methyl sites for hydroxylation is 1. The van der Waals surface area contributed by atoms with Gasteiger partial charge in [-0.25, -0.2) is 4.98 Å². The lowest BCUT2D eigenvalue weighted by Crippen LogP contribution is -2.18. The maximum absolute atomic E-state index is 4.58. The van der Waals surface area contributed by atoms with Crippen molar-refractivity contribution in [3.63, 3.8) is 0 Å². The Morgan fingerprint density at radius 1 is 1.19 bits per heavy atom.